The van der Waals surface area contributed by atoms with E-state index in [0.29, 0.717) is 68.3 Å². The normalized spacial score (nSPS) is 25.0. The van der Waals surface area contributed by atoms with Crippen LogP contribution in [0.4, 0.5) is 4.79 Å². The monoisotopic (exact) mass is 893 g/mol. The van der Waals surface area contributed by atoms with E-state index in [9.17, 15) is 19.8 Å². The number of carbonyl (C=O) groups is 2. The van der Waals surface area contributed by atoms with Gasteiger partial charge in [-0.2, -0.15) is 0 Å². The molecule has 3 N–H and O–H groups in total. The maximum absolute atomic E-state index is 15.0. The third-order valence-corrected chi connectivity index (χ3v) is 13.2. The molecule has 350 valence electrons. The van der Waals surface area contributed by atoms with Gasteiger partial charge in [-0.25, -0.2) is 4.79 Å². The highest BCUT2D eigenvalue weighted by atomic mass is 16.8. The Labute approximate surface area is 383 Å². The van der Waals surface area contributed by atoms with E-state index in [0.717, 1.165) is 60.8 Å². The van der Waals surface area contributed by atoms with E-state index in [4.69, 9.17) is 33.7 Å². The molecule has 65 heavy (non-hydrogen) atoms. The Bertz CT molecular complexity index is 2100. The fourth-order valence-corrected chi connectivity index (χ4v) is 10.3. The summed E-state index contributed by atoms with van der Waals surface area (Å²) >= 11 is 0. The fraction of sp³-hybridized carbons (Fsp3) is 0.519. The van der Waals surface area contributed by atoms with Gasteiger partial charge in [0.2, 0.25) is 18.0 Å². The van der Waals surface area contributed by atoms with Gasteiger partial charge in [-0.15, -0.1) is 6.58 Å². The molecule has 1 saturated carbocycles. The van der Waals surface area contributed by atoms with Gasteiger partial charge in [0.1, 0.15) is 23.3 Å². The molecule has 2 amide bonds. The molecule has 0 spiro atoms. The summed E-state index contributed by atoms with van der Waals surface area (Å²) in [5.41, 5.74) is 4.25. The smallest absolute Gasteiger partial charge is 0.412 e. The van der Waals surface area contributed by atoms with E-state index in [1.807, 2.05) is 71.6 Å². The minimum Gasteiger partial charge on any atom is -0.497 e. The van der Waals surface area contributed by atoms with Gasteiger partial charge >= 0.3 is 6.09 Å². The van der Waals surface area contributed by atoms with Crippen LogP contribution in [-0.4, -0.2) is 91.0 Å². The van der Waals surface area contributed by atoms with E-state index >= 15 is 0 Å². The molecule has 0 bridgehead atoms. The molecule has 0 aromatic heterocycles. The Morgan fingerprint density at radius 3 is 2.51 bits per heavy atom. The average Bonchev–Trinajstić information content (AvgIpc) is 3.33. The number of rotatable bonds is 22. The number of amides is 2. The van der Waals surface area contributed by atoms with E-state index in [-0.39, 0.29) is 56.3 Å². The molecule has 3 aromatic carbocycles. The van der Waals surface area contributed by atoms with Crippen molar-refractivity contribution in [3.63, 3.8) is 0 Å². The van der Waals surface area contributed by atoms with Gasteiger partial charge in [-0.3, -0.25) is 4.79 Å². The second kappa shape index (κ2) is 23.3. The zero-order valence-electron chi connectivity index (χ0n) is 38.0. The summed E-state index contributed by atoms with van der Waals surface area (Å²) in [6.45, 7) is 7.74. The van der Waals surface area contributed by atoms with Crippen LogP contribution >= 0.6 is 0 Å². The maximum Gasteiger partial charge on any atom is 0.412 e. The van der Waals surface area contributed by atoms with Crippen LogP contribution in [0.3, 0.4) is 0 Å². The van der Waals surface area contributed by atoms with Crippen LogP contribution in [0.5, 0.6) is 17.2 Å². The molecule has 0 radical (unpaired) electrons. The Morgan fingerprint density at radius 1 is 0.969 bits per heavy atom. The van der Waals surface area contributed by atoms with Gasteiger partial charge in [0.15, 0.2) is 0 Å². The lowest BCUT2D eigenvalue weighted by molar-refractivity contribution is -0.257. The number of aliphatic hydroxyl groups is 2. The Kier molecular flexibility index (Phi) is 17.1. The summed E-state index contributed by atoms with van der Waals surface area (Å²) < 4.78 is 32.0. The molecule has 2 heterocycles. The van der Waals surface area contributed by atoms with Crippen LogP contribution in [0.25, 0.3) is 0 Å². The van der Waals surface area contributed by atoms with Gasteiger partial charge < -0.3 is 49.0 Å². The number of fused-ring (bicyclic) bond motifs is 2. The highest BCUT2D eigenvalue weighted by Crippen LogP contribution is 2.62. The number of nitrogens with one attached hydrogen (secondary N) is 1. The van der Waals surface area contributed by atoms with Crippen molar-refractivity contribution in [1.82, 2.24) is 10.2 Å². The largest absolute Gasteiger partial charge is 0.497 e. The quantitative estimate of drug-likeness (QED) is 0.0507. The van der Waals surface area contributed by atoms with Gasteiger partial charge in [0.25, 0.3) is 0 Å². The number of nitrogens with zero attached hydrogens (tertiary/aromatic N) is 2. The second-order valence-electron chi connectivity index (χ2n) is 17.5. The van der Waals surface area contributed by atoms with Crippen molar-refractivity contribution in [2.45, 2.75) is 115 Å². The molecule has 2 aliphatic heterocycles. The third-order valence-electron chi connectivity index (χ3n) is 13.2. The van der Waals surface area contributed by atoms with Gasteiger partial charge in [-0.1, -0.05) is 79.5 Å². The molecule has 2 fully saturated rings. The summed E-state index contributed by atoms with van der Waals surface area (Å²) in [6, 6.07) is 22.1. The number of oxime groups is 1. The number of unbranched alkanes of at least 4 members (excludes halogenated alkanes) is 2. The molecule has 7 atom stereocenters. The van der Waals surface area contributed by atoms with Crippen molar-refractivity contribution in [2.75, 3.05) is 40.1 Å². The number of hydrogen-bond acceptors (Lipinski definition) is 11. The zero-order chi connectivity index (χ0) is 45.6. The van der Waals surface area contributed by atoms with Crippen LogP contribution in [-0.2, 0) is 32.1 Å². The molecular formula is C52H67N3O10. The standard InChI is InChI=1S/C52H67N3O10/c1-4-25-55(47(58)31-37-18-15-20-39(30-37)60-3)46-34-44(54-65-48-22-11-14-29-61-48)42-32-38(19-9-12-26-56)41(21-10-13-27-57)49-43-33-40(63-51(59)53-35-36-16-7-6-8-17-36)23-24-45(43)64-52(46,50(42)49)62-28-5-2/h5-8,15-18,20,23-24,30,32-33,38,41,46,48-50,56-57H,2,4,9-14,19,21-22,25-29,31,34-35H2,1,3H3,(H,53,59)/t38-,41+,46-,48?,49+,50+,52+/m0/s1. The van der Waals surface area contributed by atoms with Gasteiger partial charge in [0.05, 0.1) is 38.4 Å². The van der Waals surface area contributed by atoms with E-state index in [1.54, 1.807) is 19.3 Å². The van der Waals surface area contributed by atoms with Gasteiger partial charge in [-0.05, 0) is 104 Å². The third kappa shape index (κ3) is 11.4. The van der Waals surface area contributed by atoms with Crippen molar-refractivity contribution >= 4 is 17.7 Å². The SMILES string of the molecule is C=CCO[C@@]12Oc3ccc(OC(=O)NCc4ccccc4)cc3[C@H]3[C@H](CCCCO)[C@@H](CCCCO)C=C(C(=NOC4CCCCO4)C[C@@H]1N(CCC)C(=O)Cc1cccc(OC)c1)[C@H]32. The first-order valence-corrected chi connectivity index (χ1v) is 23.6. The highest BCUT2D eigenvalue weighted by Gasteiger charge is 2.65. The molecule has 2 aliphatic carbocycles. The van der Waals surface area contributed by atoms with Crippen LogP contribution in [0.15, 0.2) is 102 Å². The highest BCUT2D eigenvalue weighted by molar-refractivity contribution is 6.03. The van der Waals surface area contributed by atoms with Crippen molar-refractivity contribution in [3.05, 3.63) is 114 Å². The summed E-state index contributed by atoms with van der Waals surface area (Å²) in [6.07, 6.45) is 11.1. The lowest BCUT2D eigenvalue weighted by Gasteiger charge is -2.60. The van der Waals surface area contributed by atoms with Crippen molar-refractivity contribution in [2.24, 2.45) is 22.9 Å². The number of aliphatic hydroxyl groups excluding tert-OH is 2. The maximum atomic E-state index is 15.0. The Hall–Kier alpha value is -5.21. The second-order valence-corrected chi connectivity index (χ2v) is 17.5. The van der Waals surface area contributed by atoms with Crippen LogP contribution in [0, 0.1) is 17.8 Å². The molecule has 3 aromatic rings. The Morgan fingerprint density at radius 2 is 1.77 bits per heavy atom. The minimum atomic E-state index is -1.42. The van der Waals surface area contributed by atoms with E-state index in [2.05, 4.69) is 24.9 Å². The van der Waals surface area contributed by atoms with E-state index in [1.165, 1.54) is 0 Å². The fourth-order valence-electron chi connectivity index (χ4n) is 10.3. The lowest BCUT2D eigenvalue weighted by Crippen LogP contribution is -2.70. The lowest BCUT2D eigenvalue weighted by atomic mass is 9.55. The molecule has 7 rings (SSSR count). The molecule has 13 heteroatoms. The first-order valence-electron chi connectivity index (χ1n) is 23.6. The number of methoxy groups -OCH3 is 1. The zero-order valence-corrected chi connectivity index (χ0v) is 38.0. The number of benzene rings is 3. The first-order chi connectivity index (χ1) is 31.8. The van der Waals surface area contributed by atoms with Crippen LogP contribution < -0.4 is 19.5 Å². The summed E-state index contributed by atoms with van der Waals surface area (Å²) in [4.78, 5) is 36.5. The number of ether oxygens (including phenoxy) is 5. The first kappa shape index (κ1) is 47.7. The van der Waals surface area contributed by atoms with Crippen molar-refractivity contribution in [1.29, 1.82) is 0 Å². The molecule has 1 unspecified atom stereocenters. The summed E-state index contributed by atoms with van der Waals surface area (Å²) in [7, 11) is 1.61. The predicted molar refractivity (Wildman–Crippen MR) is 248 cm³/mol. The van der Waals surface area contributed by atoms with E-state index < -0.39 is 30.1 Å². The van der Waals surface area contributed by atoms with Gasteiger partial charge in [0, 0.05) is 50.6 Å². The number of hydrogen-bond donors (Lipinski definition) is 3. The predicted octanol–water partition coefficient (Wildman–Crippen LogP) is 8.63. The Balaban J connectivity index is 1.38. The van der Waals surface area contributed by atoms with Crippen molar-refractivity contribution < 1.29 is 48.3 Å². The molecule has 13 nitrogen and oxygen atoms in total. The topological polar surface area (TPSA) is 158 Å². The average molecular weight is 894 g/mol. The molecule has 4 aliphatic rings. The summed E-state index contributed by atoms with van der Waals surface area (Å²) in [5.74, 6) is -0.671. The number of allylic oxidation sites excluding steroid dienone is 1. The van der Waals surface area contributed by atoms with Crippen LogP contribution in [0.1, 0.15) is 100 Å². The molecular weight excluding hydrogens is 827 g/mol. The van der Waals surface area contributed by atoms with Crippen molar-refractivity contribution in [3.8, 4) is 17.2 Å². The molecule has 1 saturated heterocycles. The summed E-state index contributed by atoms with van der Waals surface area (Å²) in [5, 5.41) is 27.8. The van der Waals surface area contributed by atoms with Crippen LogP contribution in [0.2, 0.25) is 0 Å². The minimum absolute atomic E-state index is 0.000197. The number of carbonyl (C=O) groups excluding carboxylic acids is 2.